The first-order valence-electron chi connectivity index (χ1n) is 10.9. The third-order valence-corrected chi connectivity index (χ3v) is 5.90. The Morgan fingerprint density at radius 1 is 0.938 bits per heavy atom. The summed E-state index contributed by atoms with van der Waals surface area (Å²) in [7, 11) is 1.65. The van der Waals surface area contributed by atoms with Crippen molar-refractivity contribution >= 4 is 5.97 Å². The average Bonchev–Trinajstić information content (AvgIpc) is 3.24. The van der Waals surface area contributed by atoms with Crippen molar-refractivity contribution in [3.05, 3.63) is 88.5 Å². The molecule has 0 radical (unpaired) electrons. The molecule has 0 spiro atoms. The van der Waals surface area contributed by atoms with E-state index in [9.17, 15) is 4.79 Å². The number of methoxy groups -OCH3 is 1. The molecule has 5 heteroatoms. The maximum Gasteiger partial charge on any atom is 0.347 e. The van der Waals surface area contributed by atoms with Gasteiger partial charge in [0.2, 0.25) is 0 Å². The smallest absolute Gasteiger partial charge is 0.347 e. The van der Waals surface area contributed by atoms with Crippen molar-refractivity contribution in [3.63, 3.8) is 0 Å². The Balaban J connectivity index is 1.79. The Hall–Kier alpha value is -3.31. The zero-order valence-electron chi connectivity index (χ0n) is 19.1. The Bertz CT molecular complexity index is 1090. The minimum absolute atomic E-state index is 0.356. The molecule has 166 valence electrons. The van der Waals surface area contributed by atoms with Gasteiger partial charge < -0.3 is 14.2 Å². The van der Waals surface area contributed by atoms with Gasteiger partial charge in [-0.2, -0.15) is 0 Å². The molecule has 0 bridgehead atoms. The van der Waals surface area contributed by atoms with Gasteiger partial charge in [0.25, 0.3) is 0 Å². The molecule has 3 aromatic carbocycles. The summed E-state index contributed by atoms with van der Waals surface area (Å²) in [5.74, 6) is 1.37. The normalized spacial score (nSPS) is 13.2. The Morgan fingerprint density at radius 2 is 1.53 bits per heavy atom. The van der Waals surface area contributed by atoms with E-state index in [-0.39, 0.29) is 0 Å². The van der Waals surface area contributed by atoms with E-state index in [1.54, 1.807) is 19.2 Å². The number of carbonyl (C=O) groups excluding carboxylic acids is 1. The molecule has 0 aromatic heterocycles. The van der Waals surface area contributed by atoms with Crippen LogP contribution in [0.25, 0.3) is 0 Å². The molecular weight excluding hydrogens is 402 g/mol. The lowest BCUT2D eigenvalue weighted by atomic mass is 9.97. The second-order valence-corrected chi connectivity index (χ2v) is 8.30. The summed E-state index contributed by atoms with van der Waals surface area (Å²) in [4.78, 5) is 15.7. The maximum atomic E-state index is 13.4. The van der Waals surface area contributed by atoms with E-state index in [2.05, 4.69) is 18.7 Å². The van der Waals surface area contributed by atoms with Crippen molar-refractivity contribution in [1.29, 1.82) is 0 Å². The first-order valence-corrected chi connectivity index (χ1v) is 10.9. The first kappa shape index (κ1) is 21.9. The summed E-state index contributed by atoms with van der Waals surface area (Å²) in [5, 5.41) is 0. The highest BCUT2D eigenvalue weighted by atomic mass is 16.5. The van der Waals surface area contributed by atoms with Gasteiger partial charge in [-0.15, -0.1) is 0 Å². The Labute approximate surface area is 189 Å². The fraction of sp³-hybridized carbons (Fsp3) is 0.296. The highest BCUT2D eigenvalue weighted by Crippen LogP contribution is 2.44. The number of hydrogen-bond donors (Lipinski definition) is 0. The Morgan fingerprint density at radius 3 is 2.12 bits per heavy atom. The molecule has 0 aliphatic carbocycles. The van der Waals surface area contributed by atoms with E-state index in [4.69, 9.17) is 14.2 Å². The summed E-state index contributed by atoms with van der Waals surface area (Å²) in [6.45, 7) is 8.05. The summed E-state index contributed by atoms with van der Waals surface area (Å²) in [5.41, 5.74) is 4.28. The van der Waals surface area contributed by atoms with Gasteiger partial charge in [-0.25, -0.2) is 4.79 Å². The number of nitrogens with zero attached hydrogens (tertiary/aromatic N) is 1. The predicted octanol–water partition coefficient (Wildman–Crippen LogP) is 5.53. The van der Waals surface area contributed by atoms with E-state index in [1.165, 1.54) is 0 Å². The number of esters is 1. The maximum absolute atomic E-state index is 13.4. The number of hydrogen-bond acceptors (Lipinski definition) is 5. The lowest BCUT2D eigenvalue weighted by Gasteiger charge is -2.20. The summed E-state index contributed by atoms with van der Waals surface area (Å²) in [6.07, 6.45) is 0. The number of rotatable bonds is 7. The van der Waals surface area contributed by atoms with Gasteiger partial charge in [-0.1, -0.05) is 48.5 Å². The van der Waals surface area contributed by atoms with Crippen molar-refractivity contribution in [2.24, 2.45) is 0 Å². The van der Waals surface area contributed by atoms with Gasteiger partial charge in [-0.05, 0) is 38.5 Å². The second kappa shape index (κ2) is 9.45. The van der Waals surface area contributed by atoms with Crippen LogP contribution in [-0.2, 0) is 19.7 Å². The number of benzene rings is 3. The fourth-order valence-electron chi connectivity index (χ4n) is 4.15. The minimum atomic E-state index is -0.444. The van der Waals surface area contributed by atoms with Crippen molar-refractivity contribution in [2.45, 2.75) is 46.5 Å². The van der Waals surface area contributed by atoms with Gasteiger partial charge in [0, 0.05) is 35.8 Å². The van der Waals surface area contributed by atoms with Crippen molar-refractivity contribution in [3.8, 4) is 17.2 Å². The molecular formula is C27H29NO4. The van der Waals surface area contributed by atoms with Gasteiger partial charge >= 0.3 is 5.97 Å². The number of carbonyl (C=O) groups is 1. The summed E-state index contributed by atoms with van der Waals surface area (Å²) >= 11 is 0. The first-order chi connectivity index (χ1) is 15.5. The molecule has 0 unspecified atom stereocenters. The topological polar surface area (TPSA) is 48.0 Å². The lowest BCUT2D eigenvalue weighted by molar-refractivity contribution is 0.0728. The largest absolute Gasteiger partial charge is 0.496 e. The van der Waals surface area contributed by atoms with Crippen molar-refractivity contribution in [1.82, 2.24) is 4.90 Å². The molecule has 0 amide bonds. The standard InChI is InChI=1S/C27H29NO4/c1-18(2)28-15-22-23(16-28)26(31-17-20-11-7-5-8-12-20)24(19(3)25(22)30-4)27(29)32-21-13-9-6-10-14-21/h5-14,18H,15-17H2,1-4H3. The quantitative estimate of drug-likeness (QED) is 0.364. The number of fused-ring (bicyclic) bond motifs is 1. The van der Waals surface area contributed by atoms with E-state index in [0.29, 0.717) is 36.3 Å². The SMILES string of the molecule is COc1c(C)c(C(=O)Oc2ccccc2)c(OCc2ccccc2)c2c1CN(C(C)C)C2. The van der Waals surface area contributed by atoms with Crippen LogP contribution in [0.15, 0.2) is 60.7 Å². The van der Waals surface area contributed by atoms with E-state index < -0.39 is 5.97 Å². The van der Waals surface area contributed by atoms with Gasteiger partial charge in [0.05, 0.1) is 7.11 Å². The summed E-state index contributed by atoms with van der Waals surface area (Å²) in [6, 6.07) is 19.4. The van der Waals surface area contributed by atoms with Crippen molar-refractivity contribution < 1.29 is 19.0 Å². The fourth-order valence-corrected chi connectivity index (χ4v) is 4.15. The molecule has 4 rings (SSSR count). The molecule has 0 saturated carbocycles. The van der Waals surface area contributed by atoms with Crippen LogP contribution in [0.1, 0.15) is 46.5 Å². The second-order valence-electron chi connectivity index (χ2n) is 8.30. The van der Waals surface area contributed by atoms with Crippen LogP contribution >= 0.6 is 0 Å². The van der Waals surface area contributed by atoms with Crippen LogP contribution in [0.3, 0.4) is 0 Å². The van der Waals surface area contributed by atoms with Crippen molar-refractivity contribution in [2.75, 3.05) is 7.11 Å². The molecule has 1 heterocycles. The highest BCUT2D eigenvalue weighted by Gasteiger charge is 2.34. The van der Waals surface area contributed by atoms with E-state index in [1.807, 2.05) is 55.5 Å². The molecule has 1 aliphatic rings. The number of ether oxygens (including phenoxy) is 3. The number of para-hydroxylation sites is 1. The van der Waals surface area contributed by atoms with Crippen LogP contribution in [0.5, 0.6) is 17.2 Å². The zero-order valence-corrected chi connectivity index (χ0v) is 19.1. The molecule has 0 N–H and O–H groups in total. The van der Waals surface area contributed by atoms with Crippen LogP contribution in [-0.4, -0.2) is 24.0 Å². The molecule has 0 saturated heterocycles. The van der Waals surface area contributed by atoms with Gasteiger partial charge in [-0.3, -0.25) is 4.90 Å². The molecule has 5 nitrogen and oxygen atoms in total. The van der Waals surface area contributed by atoms with Crippen LogP contribution in [0.2, 0.25) is 0 Å². The molecule has 0 fully saturated rings. The van der Waals surface area contributed by atoms with E-state index >= 15 is 0 Å². The Kier molecular flexibility index (Phi) is 6.47. The molecule has 0 atom stereocenters. The van der Waals surface area contributed by atoms with Crippen LogP contribution in [0, 0.1) is 6.92 Å². The van der Waals surface area contributed by atoms with Gasteiger partial charge in [0.1, 0.15) is 29.4 Å². The third-order valence-electron chi connectivity index (χ3n) is 5.90. The lowest BCUT2D eigenvalue weighted by Crippen LogP contribution is -2.24. The summed E-state index contributed by atoms with van der Waals surface area (Å²) < 4.78 is 17.9. The minimum Gasteiger partial charge on any atom is -0.496 e. The highest BCUT2D eigenvalue weighted by molar-refractivity contribution is 5.97. The molecule has 3 aromatic rings. The van der Waals surface area contributed by atoms with Crippen LogP contribution < -0.4 is 14.2 Å². The third kappa shape index (κ3) is 4.34. The van der Waals surface area contributed by atoms with E-state index in [0.717, 1.165) is 34.5 Å². The predicted molar refractivity (Wildman–Crippen MR) is 124 cm³/mol. The molecule has 32 heavy (non-hydrogen) atoms. The zero-order chi connectivity index (χ0) is 22.7. The van der Waals surface area contributed by atoms with Crippen LogP contribution in [0.4, 0.5) is 0 Å². The monoisotopic (exact) mass is 431 g/mol. The van der Waals surface area contributed by atoms with Gasteiger partial charge in [0.15, 0.2) is 0 Å². The molecule has 1 aliphatic heterocycles. The average molecular weight is 432 g/mol.